The first-order valence-corrected chi connectivity index (χ1v) is 21.3. The van der Waals surface area contributed by atoms with Gasteiger partial charge in [-0.15, -0.1) is 22.7 Å². The number of carbonyl (C=O) groups is 4. The summed E-state index contributed by atoms with van der Waals surface area (Å²) in [6, 6.07) is 11.5. The summed E-state index contributed by atoms with van der Waals surface area (Å²) in [5.74, 6) is 11.6. The predicted octanol–water partition coefficient (Wildman–Crippen LogP) is 11.1. The molecule has 0 aliphatic heterocycles. The van der Waals surface area contributed by atoms with Crippen molar-refractivity contribution in [3.8, 4) is 23.7 Å². The Hall–Kier alpha value is -4.38. The van der Waals surface area contributed by atoms with Gasteiger partial charge in [-0.1, -0.05) is 67.9 Å². The van der Waals surface area contributed by atoms with E-state index < -0.39 is 11.9 Å². The number of nitrogens with one attached hydrogen (secondary N) is 1. The van der Waals surface area contributed by atoms with Crippen molar-refractivity contribution in [2.45, 2.75) is 120 Å². The average Bonchev–Trinajstić information content (AvgIpc) is 3.70. The molecule has 56 heavy (non-hydrogen) atoms. The number of amides is 2. The molecule has 2 saturated carbocycles. The number of hydrogen-bond donors (Lipinski definition) is 3. The second-order valence-electron chi connectivity index (χ2n) is 17.5. The molecule has 1 aromatic carbocycles. The van der Waals surface area contributed by atoms with Crippen LogP contribution in [0.5, 0.6) is 0 Å². The Labute approximate surface area is 341 Å². The van der Waals surface area contributed by atoms with Crippen LogP contribution in [0.15, 0.2) is 36.4 Å². The Kier molecular flexibility index (Phi) is 15.2. The lowest BCUT2D eigenvalue weighted by Crippen LogP contribution is -2.37. The molecule has 2 aliphatic carbocycles. The molecule has 8 nitrogen and oxygen atoms in total. The van der Waals surface area contributed by atoms with Crippen LogP contribution < -0.4 is 10.2 Å². The van der Waals surface area contributed by atoms with Gasteiger partial charge >= 0.3 is 11.9 Å². The van der Waals surface area contributed by atoms with Crippen molar-refractivity contribution in [2.75, 3.05) is 10.2 Å². The van der Waals surface area contributed by atoms with E-state index >= 15 is 0 Å². The molecule has 3 N–H and O–H groups in total. The van der Waals surface area contributed by atoms with E-state index in [0.717, 1.165) is 85.2 Å². The molecule has 300 valence electrons. The van der Waals surface area contributed by atoms with Crippen LogP contribution in [-0.2, 0) is 16.1 Å². The molecule has 0 saturated heterocycles. The maximum Gasteiger partial charge on any atom is 0.348 e. The third-order valence-corrected chi connectivity index (χ3v) is 12.3. The third kappa shape index (κ3) is 12.8. The molecule has 2 aliphatic rings. The minimum atomic E-state index is -1.02. The first-order valence-electron chi connectivity index (χ1n) is 19.7. The number of rotatable bonds is 8. The second-order valence-corrected chi connectivity index (χ2v) is 19.6. The van der Waals surface area contributed by atoms with Gasteiger partial charge in [-0.25, -0.2) is 9.59 Å². The molecular weight excluding hydrogens is 741 g/mol. The van der Waals surface area contributed by atoms with E-state index in [-0.39, 0.29) is 44.2 Å². The minimum absolute atomic E-state index is 0.0198. The summed E-state index contributed by atoms with van der Waals surface area (Å²) in [6.07, 6.45) is 7.62. The molecule has 10 heteroatoms. The lowest BCUT2D eigenvalue weighted by atomic mass is 9.82. The van der Waals surface area contributed by atoms with Crippen LogP contribution in [0.25, 0.3) is 0 Å². The van der Waals surface area contributed by atoms with Gasteiger partial charge in [0, 0.05) is 28.2 Å². The number of aromatic carboxylic acids is 2. The molecule has 0 atom stereocenters. The number of nitrogens with zero attached hydrogens (tertiary/aromatic N) is 1. The monoisotopic (exact) mass is 798 g/mol. The fraction of sp³-hybridized carbons (Fsp3) is 0.522. The summed E-state index contributed by atoms with van der Waals surface area (Å²) in [7, 11) is 0. The van der Waals surface area contributed by atoms with E-state index in [0.29, 0.717) is 39.5 Å². The van der Waals surface area contributed by atoms with Gasteiger partial charge in [-0.3, -0.25) is 9.59 Å². The van der Waals surface area contributed by atoms with Crippen LogP contribution in [0, 0.1) is 65.1 Å². The zero-order valence-corrected chi connectivity index (χ0v) is 36.1. The Balaban J connectivity index is 0.000000255. The summed E-state index contributed by atoms with van der Waals surface area (Å²) >= 11 is 2.28. The van der Waals surface area contributed by atoms with Crippen molar-refractivity contribution in [3.05, 3.63) is 67.0 Å². The van der Waals surface area contributed by atoms with Gasteiger partial charge in [0.15, 0.2) is 0 Å². The van der Waals surface area contributed by atoms with Crippen molar-refractivity contribution in [3.63, 3.8) is 0 Å². The lowest BCUT2D eigenvalue weighted by Gasteiger charge is -2.31. The van der Waals surface area contributed by atoms with Gasteiger partial charge in [0.2, 0.25) is 11.8 Å². The van der Waals surface area contributed by atoms with Gasteiger partial charge < -0.3 is 20.4 Å². The highest BCUT2D eigenvalue weighted by Gasteiger charge is 2.32. The topological polar surface area (TPSA) is 124 Å². The molecule has 0 radical (unpaired) electrons. The number of anilines is 2. The van der Waals surface area contributed by atoms with Gasteiger partial charge in [0.25, 0.3) is 0 Å². The van der Waals surface area contributed by atoms with E-state index in [1.807, 2.05) is 78.8 Å². The third-order valence-electron chi connectivity index (χ3n) is 10.1. The number of carboxylic acid groups (broad SMARTS) is 2. The maximum atomic E-state index is 13.6. The molecule has 2 fully saturated rings. The SMILES string of the molecule is CC1CCC(C(=O)N(Cc2ccccc2)c2cc(C#CC(C)(C)C)sc2C(=O)O)CC1.Cc1c(C#CC(C)(C)C)sc(C(=O)O)c1NC(=O)C1CCC(C)CC1. The number of benzene rings is 1. The van der Waals surface area contributed by atoms with E-state index in [1.165, 1.54) is 0 Å². The van der Waals surface area contributed by atoms with Crippen molar-refractivity contribution < 1.29 is 29.4 Å². The zero-order valence-electron chi connectivity index (χ0n) is 34.4. The normalized spacial score (nSPS) is 19.5. The van der Waals surface area contributed by atoms with Crippen LogP contribution >= 0.6 is 22.7 Å². The number of carbonyl (C=O) groups excluding carboxylic acids is 2. The molecular formula is C46H58N2O6S2. The molecule has 2 amide bonds. The molecule has 2 heterocycles. The van der Waals surface area contributed by atoms with Crippen molar-refractivity contribution in [2.24, 2.45) is 34.5 Å². The minimum Gasteiger partial charge on any atom is -0.477 e. The molecule has 0 unspecified atom stereocenters. The maximum absolute atomic E-state index is 13.6. The molecule has 5 rings (SSSR count). The van der Waals surface area contributed by atoms with E-state index in [4.69, 9.17) is 0 Å². The Morgan fingerprint density at radius 1 is 0.750 bits per heavy atom. The summed E-state index contributed by atoms with van der Waals surface area (Å²) in [6.45, 7) is 18.7. The predicted molar refractivity (Wildman–Crippen MR) is 228 cm³/mol. The van der Waals surface area contributed by atoms with Crippen LogP contribution in [-0.4, -0.2) is 34.0 Å². The quantitative estimate of drug-likeness (QED) is 0.195. The molecule has 3 aromatic rings. The first-order chi connectivity index (χ1) is 26.2. The number of carboxylic acids is 2. The second kappa shape index (κ2) is 19.2. The van der Waals surface area contributed by atoms with Gasteiger partial charge in [0.05, 0.1) is 27.7 Å². The van der Waals surface area contributed by atoms with Crippen molar-refractivity contribution in [1.82, 2.24) is 0 Å². The Bertz CT molecular complexity index is 1990. The fourth-order valence-corrected chi connectivity index (χ4v) is 8.56. The molecule has 2 aromatic heterocycles. The van der Waals surface area contributed by atoms with Crippen molar-refractivity contribution in [1.29, 1.82) is 0 Å². The van der Waals surface area contributed by atoms with Gasteiger partial charge in [-0.2, -0.15) is 0 Å². The number of thiophene rings is 2. The van der Waals surface area contributed by atoms with Gasteiger partial charge in [0.1, 0.15) is 9.75 Å². The van der Waals surface area contributed by atoms with Crippen LogP contribution in [0.4, 0.5) is 11.4 Å². The van der Waals surface area contributed by atoms with Crippen LogP contribution in [0.2, 0.25) is 0 Å². The highest BCUT2D eigenvalue weighted by atomic mass is 32.1. The van der Waals surface area contributed by atoms with E-state index in [1.54, 1.807) is 11.0 Å². The average molecular weight is 799 g/mol. The Morgan fingerprint density at radius 2 is 1.27 bits per heavy atom. The van der Waals surface area contributed by atoms with Crippen LogP contribution in [0.1, 0.15) is 147 Å². The highest BCUT2D eigenvalue weighted by Crippen LogP contribution is 2.37. The smallest absolute Gasteiger partial charge is 0.348 e. The summed E-state index contributed by atoms with van der Waals surface area (Å²) in [5, 5.41) is 22.3. The first kappa shape index (κ1) is 44.3. The summed E-state index contributed by atoms with van der Waals surface area (Å²) in [4.78, 5) is 53.3. The van der Waals surface area contributed by atoms with E-state index in [2.05, 4.69) is 42.8 Å². The Morgan fingerprint density at radius 3 is 1.79 bits per heavy atom. The molecule has 0 bridgehead atoms. The summed E-state index contributed by atoms with van der Waals surface area (Å²) in [5.41, 5.74) is 2.25. The van der Waals surface area contributed by atoms with E-state index in [9.17, 15) is 29.4 Å². The van der Waals surface area contributed by atoms with Gasteiger partial charge in [-0.05, 0) is 123 Å². The zero-order chi connectivity index (χ0) is 41.4. The number of hydrogen-bond acceptors (Lipinski definition) is 6. The van der Waals surface area contributed by atoms with Crippen LogP contribution in [0.3, 0.4) is 0 Å². The fourth-order valence-electron chi connectivity index (χ4n) is 6.75. The standard InChI is InChI=1S/C26H31NO3S.C20H27NO3S/c1-18-10-12-20(13-11-18)24(28)27(17-19-8-6-5-7-9-19)22-16-21(14-15-26(2,3)4)31-23(22)25(29)30;1-12-6-8-14(9-7-12)18(22)21-16-13(2)15(10-11-20(3,4)5)25-17(16)19(23)24/h5-9,16,18,20H,10-13,17H2,1-4H3,(H,29,30);12,14H,6-9H2,1-5H3,(H,21,22)(H,23,24). The highest BCUT2D eigenvalue weighted by molar-refractivity contribution is 7.15. The van der Waals surface area contributed by atoms with Crippen molar-refractivity contribution >= 4 is 57.8 Å². The lowest BCUT2D eigenvalue weighted by molar-refractivity contribution is -0.123. The molecule has 0 spiro atoms. The summed E-state index contributed by atoms with van der Waals surface area (Å²) < 4.78 is 0. The largest absolute Gasteiger partial charge is 0.477 e.